The Morgan fingerprint density at radius 1 is 1.47 bits per heavy atom. The van der Waals surface area contributed by atoms with E-state index in [4.69, 9.17) is 17.3 Å². The van der Waals surface area contributed by atoms with E-state index in [1.165, 1.54) is 24.9 Å². The van der Waals surface area contributed by atoms with Crippen molar-refractivity contribution in [1.29, 1.82) is 0 Å². The van der Waals surface area contributed by atoms with Crippen LogP contribution in [0.15, 0.2) is 24.3 Å². The number of rotatable bonds is 4. The summed E-state index contributed by atoms with van der Waals surface area (Å²) in [5.41, 5.74) is 7.42. The summed E-state index contributed by atoms with van der Waals surface area (Å²) in [4.78, 5) is 2.59. The minimum atomic E-state index is 0.291. The number of nitrogens with two attached hydrogens (primary N) is 1. The van der Waals surface area contributed by atoms with Crippen molar-refractivity contribution in [1.82, 2.24) is 4.90 Å². The molecule has 1 fully saturated rings. The molecule has 0 aromatic heterocycles. The molecular weight excluding hydrogens is 256 g/mol. The molecule has 3 heteroatoms. The molecule has 3 unspecified atom stereocenters. The standard InChI is InChI=1S/C16H25ClN2/c1-3-16(13-6-4-8-15(17)10-13)19-9-5-7-14(11-19)12(2)18/h4,6,8,10,12,14,16H,3,5,7,9,11,18H2,1-2H3. The van der Waals surface area contributed by atoms with Gasteiger partial charge in [0.1, 0.15) is 0 Å². The summed E-state index contributed by atoms with van der Waals surface area (Å²) in [6.45, 7) is 6.67. The number of benzene rings is 1. The van der Waals surface area contributed by atoms with Crippen molar-refractivity contribution in [2.45, 2.75) is 45.2 Å². The predicted octanol–water partition coefficient (Wildman–Crippen LogP) is 3.85. The lowest BCUT2D eigenvalue weighted by Gasteiger charge is -2.39. The van der Waals surface area contributed by atoms with Gasteiger partial charge in [0.05, 0.1) is 0 Å². The Balaban J connectivity index is 2.13. The molecule has 0 aliphatic carbocycles. The summed E-state index contributed by atoms with van der Waals surface area (Å²) in [5, 5.41) is 0.830. The second kappa shape index (κ2) is 6.74. The molecule has 3 atom stereocenters. The molecule has 0 saturated carbocycles. The lowest BCUT2D eigenvalue weighted by molar-refractivity contribution is 0.110. The zero-order valence-electron chi connectivity index (χ0n) is 12.0. The van der Waals surface area contributed by atoms with Gasteiger partial charge in [0, 0.05) is 23.7 Å². The highest BCUT2D eigenvalue weighted by Gasteiger charge is 2.27. The molecule has 0 amide bonds. The fourth-order valence-electron chi connectivity index (χ4n) is 3.17. The maximum absolute atomic E-state index is 6.13. The molecule has 106 valence electrons. The fourth-order valence-corrected chi connectivity index (χ4v) is 3.37. The topological polar surface area (TPSA) is 29.3 Å². The monoisotopic (exact) mass is 280 g/mol. The maximum Gasteiger partial charge on any atom is 0.0409 e. The van der Waals surface area contributed by atoms with Gasteiger partial charge in [0.25, 0.3) is 0 Å². The Hall–Kier alpha value is -0.570. The number of halogens is 1. The van der Waals surface area contributed by atoms with E-state index in [9.17, 15) is 0 Å². The van der Waals surface area contributed by atoms with Crippen LogP contribution in [0.3, 0.4) is 0 Å². The molecule has 2 N–H and O–H groups in total. The molecule has 1 aromatic carbocycles. The van der Waals surface area contributed by atoms with Gasteiger partial charge in [-0.05, 0) is 56.3 Å². The van der Waals surface area contributed by atoms with Crippen molar-refractivity contribution >= 4 is 11.6 Å². The predicted molar refractivity (Wildman–Crippen MR) is 82.4 cm³/mol. The van der Waals surface area contributed by atoms with Crippen molar-refractivity contribution < 1.29 is 0 Å². The second-order valence-corrected chi connectivity index (χ2v) is 6.17. The molecule has 2 rings (SSSR count). The lowest BCUT2D eigenvalue weighted by Crippen LogP contribution is -2.43. The first-order valence-corrected chi connectivity index (χ1v) is 7.74. The average Bonchev–Trinajstić information content (AvgIpc) is 2.40. The van der Waals surface area contributed by atoms with Crippen molar-refractivity contribution in [3.63, 3.8) is 0 Å². The van der Waals surface area contributed by atoms with E-state index >= 15 is 0 Å². The van der Waals surface area contributed by atoms with Gasteiger partial charge >= 0.3 is 0 Å². The highest BCUT2D eigenvalue weighted by molar-refractivity contribution is 6.30. The molecule has 1 aliphatic rings. The van der Waals surface area contributed by atoms with Gasteiger partial charge in [-0.2, -0.15) is 0 Å². The van der Waals surface area contributed by atoms with Crippen molar-refractivity contribution in [3.8, 4) is 0 Å². The van der Waals surface area contributed by atoms with Gasteiger partial charge in [0.2, 0.25) is 0 Å². The zero-order valence-corrected chi connectivity index (χ0v) is 12.7. The number of hydrogen-bond acceptors (Lipinski definition) is 2. The van der Waals surface area contributed by atoms with Crippen LogP contribution in [-0.4, -0.2) is 24.0 Å². The minimum absolute atomic E-state index is 0.291. The van der Waals surface area contributed by atoms with Gasteiger partial charge in [0.15, 0.2) is 0 Å². The van der Waals surface area contributed by atoms with Crippen molar-refractivity contribution in [2.24, 2.45) is 11.7 Å². The van der Waals surface area contributed by atoms with Gasteiger partial charge in [-0.15, -0.1) is 0 Å². The third kappa shape index (κ3) is 3.71. The van der Waals surface area contributed by atoms with Crippen LogP contribution >= 0.6 is 11.6 Å². The summed E-state index contributed by atoms with van der Waals surface area (Å²) in [6, 6.07) is 9.05. The molecular formula is C16H25ClN2. The summed E-state index contributed by atoms with van der Waals surface area (Å²) < 4.78 is 0. The first-order chi connectivity index (χ1) is 9.11. The summed E-state index contributed by atoms with van der Waals surface area (Å²) in [7, 11) is 0. The molecule has 1 aromatic rings. The van der Waals surface area contributed by atoms with Crippen molar-refractivity contribution in [3.05, 3.63) is 34.9 Å². The van der Waals surface area contributed by atoms with Crippen LogP contribution in [-0.2, 0) is 0 Å². The summed E-state index contributed by atoms with van der Waals surface area (Å²) in [6.07, 6.45) is 3.63. The van der Waals surface area contributed by atoms with Gasteiger partial charge in [-0.1, -0.05) is 30.7 Å². The van der Waals surface area contributed by atoms with Crippen LogP contribution in [0.1, 0.15) is 44.7 Å². The Bertz CT molecular complexity index is 405. The summed E-state index contributed by atoms with van der Waals surface area (Å²) >= 11 is 6.13. The van der Waals surface area contributed by atoms with E-state index in [0.29, 0.717) is 18.0 Å². The normalized spacial score (nSPS) is 24.1. The van der Waals surface area contributed by atoms with Crippen molar-refractivity contribution in [2.75, 3.05) is 13.1 Å². The summed E-state index contributed by atoms with van der Waals surface area (Å²) in [5.74, 6) is 0.627. The highest BCUT2D eigenvalue weighted by atomic mass is 35.5. The lowest BCUT2D eigenvalue weighted by atomic mass is 9.90. The van der Waals surface area contributed by atoms with E-state index in [1.807, 2.05) is 12.1 Å². The molecule has 1 saturated heterocycles. The van der Waals surface area contributed by atoms with E-state index in [-0.39, 0.29) is 0 Å². The molecule has 0 spiro atoms. The Labute approximate surface area is 121 Å². The first kappa shape index (κ1) is 14.8. The van der Waals surface area contributed by atoms with E-state index in [1.54, 1.807) is 0 Å². The van der Waals surface area contributed by atoms with E-state index < -0.39 is 0 Å². The fraction of sp³-hybridized carbons (Fsp3) is 0.625. The van der Waals surface area contributed by atoms with Crippen LogP contribution in [0.25, 0.3) is 0 Å². The molecule has 1 aliphatic heterocycles. The SMILES string of the molecule is CCC(c1cccc(Cl)c1)N1CCCC(C(C)N)C1. The molecule has 2 nitrogen and oxygen atoms in total. The average molecular weight is 281 g/mol. The second-order valence-electron chi connectivity index (χ2n) is 5.74. The van der Waals surface area contributed by atoms with Gasteiger partial charge in [-0.3, -0.25) is 4.90 Å². The smallest absolute Gasteiger partial charge is 0.0409 e. The Morgan fingerprint density at radius 2 is 2.26 bits per heavy atom. The third-order valence-electron chi connectivity index (χ3n) is 4.29. The number of nitrogens with zero attached hydrogens (tertiary/aromatic N) is 1. The largest absolute Gasteiger partial charge is 0.328 e. The minimum Gasteiger partial charge on any atom is -0.328 e. The zero-order chi connectivity index (χ0) is 13.8. The van der Waals surface area contributed by atoms with Crippen LogP contribution in [0.2, 0.25) is 5.02 Å². The van der Waals surface area contributed by atoms with Crippen LogP contribution in [0, 0.1) is 5.92 Å². The van der Waals surface area contributed by atoms with E-state index in [0.717, 1.165) is 18.0 Å². The first-order valence-electron chi connectivity index (χ1n) is 7.37. The maximum atomic E-state index is 6.13. The number of likely N-dealkylation sites (tertiary alicyclic amines) is 1. The third-order valence-corrected chi connectivity index (χ3v) is 4.53. The number of hydrogen-bond donors (Lipinski definition) is 1. The Kier molecular flexibility index (Phi) is 5.26. The molecule has 0 bridgehead atoms. The van der Waals surface area contributed by atoms with Crippen LogP contribution < -0.4 is 5.73 Å². The number of piperidine rings is 1. The van der Waals surface area contributed by atoms with Gasteiger partial charge in [-0.25, -0.2) is 0 Å². The quantitative estimate of drug-likeness (QED) is 0.908. The Morgan fingerprint density at radius 3 is 2.89 bits per heavy atom. The highest BCUT2D eigenvalue weighted by Crippen LogP contribution is 2.31. The molecule has 19 heavy (non-hydrogen) atoms. The van der Waals surface area contributed by atoms with Crippen LogP contribution in [0.4, 0.5) is 0 Å². The van der Waals surface area contributed by atoms with E-state index in [2.05, 4.69) is 30.9 Å². The molecule has 1 heterocycles. The van der Waals surface area contributed by atoms with Gasteiger partial charge < -0.3 is 5.73 Å². The van der Waals surface area contributed by atoms with Crippen LogP contribution in [0.5, 0.6) is 0 Å². The molecule has 0 radical (unpaired) electrons.